The van der Waals surface area contributed by atoms with Crippen molar-refractivity contribution >= 4 is 11.8 Å². The molecule has 0 bridgehead atoms. The first-order chi connectivity index (χ1) is 15.0. The van der Waals surface area contributed by atoms with Gasteiger partial charge in [-0.2, -0.15) is 0 Å². The number of methoxy groups -OCH3 is 2. The van der Waals surface area contributed by atoms with Crippen LogP contribution < -0.4 is 19.5 Å². The molecule has 0 unspecified atom stereocenters. The van der Waals surface area contributed by atoms with E-state index in [1.807, 2.05) is 37.3 Å². The summed E-state index contributed by atoms with van der Waals surface area (Å²) in [7, 11) is 3.09. The van der Waals surface area contributed by atoms with Gasteiger partial charge in [0.15, 0.2) is 6.61 Å². The molecule has 1 N–H and O–H groups in total. The van der Waals surface area contributed by atoms with E-state index >= 15 is 0 Å². The number of carbonyl (C=O) groups is 2. The lowest BCUT2D eigenvalue weighted by Crippen LogP contribution is -2.50. The summed E-state index contributed by atoms with van der Waals surface area (Å²) < 4.78 is 16.2. The van der Waals surface area contributed by atoms with E-state index in [0.29, 0.717) is 36.8 Å². The third-order valence-electron chi connectivity index (χ3n) is 4.89. The number of nitrogens with one attached hydrogen (secondary N) is 1. The van der Waals surface area contributed by atoms with Gasteiger partial charge in [0.05, 0.1) is 14.2 Å². The maximum atomic E-state index is 13.0. The summed E-state index contributed by atoms with van der Waals surface area (Å²) in [5, 5.41) is 2.86. The molecule has 0 aliphatic rings. The van der Waals surface area contributed by atoms with Gasteiger partial charge < -0.3 is 24.4 Å². The second-order valence-corrected chi connectivity index (χ2v) is 7.13. The predicted octanol–water partition coefficient (Wildman–Crippen LogP) is 3.07. The molecule has 31 heavy (non-hydrogen) atoms. The standard InChI is InChI=1S/C24H32N2O5/c1-5-12-25-24(28)18(2)26(13-11-19-9-7-6-8-10-19)23(27)17-31-22-15-20(29-3)14-21(16-22)30-4/h6-10,14-16,18H,5,11-13,17H2,1-4H3,(H,25,28)/t18-/m0/s1. The number of carbonyl (C=O) groups excluding carboxylic acids is 2. The van der Waals surface area contributed by atoms with Gasteiger partial charge in [-0.3, -0.25) is 9.59 Å². The first-order valence-electron chi connectivity index (χ1n) is 10.5. The smallest absolute Gasteiger partial charge is 0.261 e. The van der Waals surface area contributed by atoms with Gasteiger partial charge >= 0.3 is 0 Å². The Morgan fingerprint density at radius 2 is 1.61 bits per heavy atom. The molecule has 2 rings (SSSR count). The first kappa shape index (κ1) is 24.1. The third-order valence-corrected chi connectivity index (χ3v) is 4.89. The Morgan fingerprint density at radius 1 is 1.00 bits per heavy atom. The Hall–Kier alpha value is -3.22. The highest BCUT2D eigenvalue weighted by atomic mass is 16.5. The molecule has 0 aromatic heterocycles. The van der Waals surface area contributed by atoms with Crippen LogP contribution in [0.1, 0.15) is 25.8 Å². The fraction of sp³-hybridized carbons (Fsp3) is 0.417. The van der Waals surface area contributed by atoms with E-state index in [9.17, 15) is 9.59 Å². The quantitative estimate of drug-likeness (QED) is 0.562. The van der Waals surface area contributed by atoms with Crippen molar-refractivity contribution in [2.75, 3.05) is 33.9 Å². The molecule has 0 saturated carbocycles. The molecule has 2 amide bonds. The van der Waals surface area contributed by atoms with E-state index in [4.69, 9.17) is 14.2 Å². The SMILES string of the molecule is CCCNC(=O)[C@H](C)N(CCc1ccccc1)C(=O)COc1cc(OC)cc(OC)c1. The predicted molar refractivity (Wildman–Crippen MR) is 120 cm³/mol. The second kappa shape index (κ2) is 12.5. The summed E-state index contributed by atoms with van der Waals surface area (Å²) in [4.78, 5) is 27.1. The minimum atomic E-state index is -0.605. The molecule has 2 aromatic rings. The molecule has 0 heterocycles. The molecule has 0 saturated heterocycles. The van der Waals surface area contributed by atoms with Crippen LogP contribution in [0.25, 0.3) is 0 Å². The summed E-state index contributed by atoms with van der Waals surface area (Å²) in [5.41, 5.74) is 1.10. The van der Waals surface area contributed by atoms with Crippen LogP contribution in [0.2, 0.25) is 0 Å². The Bertz CT molecular complexity index is 819. The van der Waals surface area contributed by atoms with Crippen molar-refractivity contribution in [3.05, 3.63) is 54.1 Å². The largest absolute Gasteiger partial charge is 0.496 e. The fourth-order valence-corrected chi connectivity index (χ4v) is 3.06. The van der Waals surface area contributed by atoms with Crippen molar-refractivity contribution in [1.29, 1.82) is 0 Å². The van der Waals surface area contributed by atoms with Crippen LogP contribution in [0, 0.1) is 0 Å². The molecule has 1 atom stereocenters. The normalized spacial score (nSPS) is 11.4. The highest BCUT2D eigenvalue weighted by Crippen LogP contribution is 2.27. The van der Waals surface area contributed by atoms with Gasteiger partial charge in [0.1, 0.15) is 23.3 Å². The zero-order valence-electron chi connectivity index (χ0n) is 18.7. The molecular formula is C24H32N2O5. The molecule has 7 nitrogen and oxygen atoms in total. The number of benzene rings is 2. The number of hydrogen-bond acceptors (Lipinski definition) is 5. The Labute approximate surface area is 184 Å². The molecule has 0 radical (unpaired) electrons. The van der Waals surface area contributed by atoms with Gasteiger partial charge in [0.2, 0.25) is 5.91 Å². The van der Waals surface area contributed by atoms with Gasteiger partial charge in [-0.05, 0) is 25.3 Å². The summed E-state index contributed by atoms with van der Waals surface area (Å²) in [6.07, 6.45) is 1.47. The summed E-state index contributed by atoms with van der Waals surface area (Å²) in [6.45, 7) is 4.51. The number of hydrogen-bond donors (Lipinski definition) is 1. The summed E-state index contributed by atoms with van der Waals surface area (Å²) >= 11 is 0. The van der Waals surface area contributed by atoms with Crippen molar-refractivity contribution in [2.24, 2.45) is 0 Å². The second-order valence-electron chi connectivity index (χ2n) is 7.13. The van der Waals surface area contributed by atoms with Crippen molar-refractivity contribution in [1.82, 2.24) is 10.2 Å². The van der Waals surface area contributed by atoms with E-state index in [1.165, 1.54) is 0 Å². The Balaban J connectivity index is 2.10. The van der Waals surface area contributed by atoms with Gasteiger partial charge in [0, 0.05) is 31.3 Å². The highest BCUT2D eigenvalue weighted by Gasteiger charge is 2.26. The maximum absolute atomic E-state index is 13.0. The van der Waals surface area contributed by atoms with Crippen molar-refractivity contribution in [3.63, 3.8) is 0 Å². The first-order valence-corrected chi connectivity index (χ1v) is 10.5. The monoisotopic (exact) mass is 428 g/mol. The van der Waals surface area contributed by atoms with E-state index in [0.717, 1.165) is 12.0 Å². The van der Waals surface area contributed by atoms with Crippen molar-refractivity contribution < 1.29 is 23.8 Å². The van der Waals surface area contributed by atoms with Gasteiger partial charge in [-0.15, -0.1) is 0 Å². The zero-order valence-corrected chi connectivity index (χ0v) is 18.7. The minimum Gasteiger partial charge on any atom is -0.496 e. The molecule has 7 heteroatoms. The number of nitrogens with zero attached hydrogens (tertiary/aromatic N) is 1. The molecule has 0 aliphatic carbocycles. The lowest BCUT2D eigenvalue weighted by atomic mass is 10.1. The average Bonchev–Trinajstić information content (AvgIpc) is 2.81. The van der Waals surface area contributed by atoms with Crippen LogP contribution in [0.3, 0.4) is 0 Å². The van der Waals surface area contributed by atoms with Crippen LogP contribution >= 0.6 is 0 Å². The van der Waals surface area contributed by atoms with E-state index in [-0.39, 0.29) is 18.4 Å². The summed E-state index contributed by atoms with van der Waals surface area (Å²) in [5.74, 6) is 1.14. The van der Waals surface area contributed by atoms with Crippen LogP contribution in [0.5, 0.6) is 17.2 Å². The lowest BCUT2D eigenvalue weighted by molar-refractivity contribution is -0.141. The Kier molecular flexibility index (Phi) is 9.68. The number of rotatable bonds is 12. The third kappa shape index (κ3) is 7.51. The lowest BCUT2D eigenvalue weighted by Gasteiger charge is -2.28. The van der Waals surface area contributed by atoms with E-state index in [2.05, 4.69) is 5.32 Å². The molecule has 2 aromatic carbocycles. The van der Waals surface area contributed by atoms with E-state index in [1.54, 1.807) is 44.2 Å². The topological polar surface area (TPSA) is 77.1 Å². The molecule has 168 valence electrons. The van der Waals surface area contributed by atoms with Crippen molar-refractivity contribution in [2.45, 2.75) is 32.7 Å². The molecular weight excluding hydrogens is 396 g/mol. The van der Waals surface area contributed by atoms with Gasteiger partial charge in [0.25, 0.3) is 5.91 Å². The van der Waals surface area contributed by atoms with Crippen LogP contribution in [-0.4, -0.2) is 56.7 Å². The zero-order chi connectivity index (χ0) is 22.6. The average molecular weight is 429 g/mol. The summed E-state index contributed by atoms with van der Waals surface area (Å²) in [6, 6.07) is 14.3. The highest BCUT2D eigenvalue weighted by molar-refractivity contribution is 5.88. The minimum absolute atomic E-state index is 0.175. The van der Waals surface area contributed by atoms with Crippen LogP contribution in [0.15, 0.2) is 48.5 Å². The van der Waals surface area contributed by atoms with Crippen LogP contribution in [0.4, 0.5) is 0 Å². The van der Waals surface area contributed by atoms with Crippen LogP contribution in [-0.2, 0) is 16.0 Å². The fourth-order valence-electron chi connectivity index (χ4n) is 3.06. The maximum Gasteiger partial charge on any atom is 0.261 e. The van der Waals surface area contributed by atoms with Gasteiger partial charge in [-0.25, -0.2) is 0 Å². The number of ether oxygens (including phenoxy) is 3. The molecule has 0 aliphatic heterocycles. The molecule has 0 spiro atoms. The van der Waals surface area contributed by atoms with Gasteiger partial charge in [-0.1, -0.05) is 37.3 Å². The molecule has 0 fully saturated rings. The van der Waals surface area contributed by atoms with Crippen molar-refractivity contribution in [3.8, 4) is 17.2 Å². The number of amides is 2. The van der Waals surface area contributed by atoms with E-state index < -0.39 is 6.04 Å². The Morgan fingerprint density at radius 3 is 2.19 bits per heavy atom.